The van der Waals surface area contributed by atoms with Crippen LogP contribution in [-0.2, 0) is 4.74 Å². The summed E-state index contributed by atoms with van der Waals surface area (Å²) in [7, 11) is 1.41. The highest BCUT2D eigenvalue weighted by Gasteiger charge is 2.14. The minimum atomic E-state index is -0.311. The second kappa shape index (κ2) is 5.17. The van der Waals surface area contributed by atoms with Crippen LogP contribution in [0.3, 0.4) is 0 Å². The number of ether oxygens (including phenoxy) is 1. The molecule has 0 N–H and O–H groups in total. The molecule has 0 heterocycles. The molecular weight excluding hydrogens is 248 g/mol. The van der Waals surface area contributed by atoms with E-state index in [4.69, 9.17) is 4.74 Å². The molecule has 0 bridgehead atoms. The number of rotatable bonds is 2. The summed E-state index contributed by atoms with van der Waals surface area (Å²) >= 11 is 0. The van der Waals surface area contributed by atoms with Crippen molar-refractivity contribution in [2.24, 2.45) is 0 Å². The first-order valence-corrected chi connectivity index (χ1v) is 6.46. The Hall–Kier alpha value is -2.61. The third kappa shape index (κ3) is 2.16. The van der Waals surface area contributed by atoms with E-state index in [2.05, 4.69) is 0 Å². The molecular formula is C18H14O2. The summed E-state index contributed by atoms with van der Waals surface area (Å²) in [5, 5.41) is 2.14. The van der Waals surface area contributed by atoms with Gasteiger partial charge < -0.3 is 4.74 Å². The average molecular weight is 262 g/mol. The normalized spacial score (nSPS) is 10.4. The Bertz CT molecular complexity index is 761. The zero-order valence-electron chi connectivity index (χ0n) is 11.2. The first-order chi connectivity index (χ1) is 9.79. The van der Waals surface area contributed by atoms with Crippen molar-refractivity contribution in [3.8, 4) is 11.1 Å². The summed E-state index contributed by atoms with van der Waals surface area (Å²) in [6, 6.07) is 21.8. The Morgan fingerprint density at radius 3 is 2.10 bits per heavy atom. The maximum Gasteiger partial charge on any atom is 0.338 e. The fraction of sp³-hybridized carbons (Fsp3) is 0.0556. The maximum atomic E-state index is 12.0. The van der Waals surface area contributed by atoms with Gasteiger partial charge in [0.2, 0.25) is 0 Å². The molecule has 0 amide bonds. The molecule has 3 aromatic rings. The summed E-state index contributed by atoms with van der Waals surface area (Å²) in [5.74, 6) is -0.311. The number of methoxy groups -OCH3 is 1. The molecule has 0 radical (unpaired) electrons. The van der Waals surface area contributed by atoms with Crippen LogP contribution in [0.5, 0.6) is 0 Å². The molecule has 2 nitrogen and oxygen atoms in total. The van der Waals surface area contributed by atoms with E-state index in [0.717, 1.165) is 21.9 Å². The summed E-state index contributed by atoms with van der Waals surface area (Å²) < 4.78 is 4.91. The lowest BCUT2D eigenvalue weighted by Crippen LogP contribution is -2.03. The minimum absolute atomic E-state index is 0.311. The largest absolute Gasteiger partial charge is 0.465 e. The molecule has 0 aliphatic heterocycles. The predicted molar refractivity (Wildman–Crippen MR) is 80.7 cm³/mol. The lowest BCUT2D eigenvalue weighted by molar-refractivity contribution is 0.0602. The van der Waals surface area contributed by atoms with E-state index in [9.17, 15) is 4.79 Å². The number of hydrogen-bond donors (Lipinski definition) is 0. The highest BCUT2D eigenvalue weighted by Crippen LogP contribution is 2.29. The molecule has 0 fully saturated rings. The van der Waals surface area contributed by atoms with Crippen molar-refractivity contribution in [1.29, 1.82) is 0 Å². The Morgan fingerprint density at radius 2 is 1.45 bits per heavy atom. The summed E-state index contributed by atoms with van der Waals surface area (Å²) in [4.78, 5) is 12.0. The van der Waals surface area contributed by atoms with Crippen molar-refractivity contribution in [2.45, 2.75) is 0 Å². The van der Waals surface area contributed by atoms with Gasteiger partial charge in [0.25, 0.3) is 0 Å². The minimum Gasteiger partial charge on any atom is -0.465 e. The Morgan fingerprint density at radius 1 is 0.850 bits per heavy atom. The Labute approximate surface area is 117 Å². The number of carbonyl (C=O) groups excluding carboxylic acids is 1. The number of carbonyl (C=O) groups is 1. The molecule has 0 saturated carbocycles. The van der Waals surface area contributed by atoms with Crippen molar-refractivity contribution in [2.75, 3.05) is 7.11 Å². The quantitative estimate of drug-likeness (QED) is 0.644. The van der Waals surface area contributed by atoms with Crippen LogP contribution in [0.25, 0.3) is 21.9 Å². The zero-order valence-corrected chi connectivity index (χ0v) is 11.2. The van der Waals surface area contributed by atoms with Crippen molar-refractivity contribution in [3.63, 3.8) is 0 Å². The van der Waals surface area contributed by atoms with E-state index in [1.54, 1.807) is 0 Å². The van der Waals surface area contributed by atoms with Gasteiger partial charge in [-0.3, -0.25) is 0 Å². The van der Waals surface area contributed by atoms with Crippen LogP contribution < -0.4 is 0 Å². The van der Waals surface area contributed by atoms with Gasteiger partial charge in [-0.1, -0.05) is 54.6 Å². The van der Waals surface area contributed by atoms with Crippen LogP contribution in [0.15, 0.2) is 66.7 Å². The molecule has 98 valence electrons. The Kier molecular flexibility index (Phi) is 3.21. The second-order valence-corrected chi connectivity index (χ2v) is 4.60. The second-order valence-electron chi connectivity index (χ2n) is 4.60. The van der Waals surface area contributed by atoms with Gasteiger partial charge in [-0.25, -0.2) is 4.79 Å². The van der Waals surface area contributed by atoms with Gasteiger partial charge in [-0.15, -0.1) is 0 Å². The van der Waals surface area contributed by atoms with Gasteiger partial charge in [0.1, 0.15) is 0 Å². The molecule has 0 aliphatic rings. The molecule has 0 aliphatic carbocycles. The molecule has 3 rings (SSSR count). The molecule has 3 aromatic carbocycles. The molecule has 20 heavy (non-hydrogen) atoms. The number of fused-ring (bicyclic) bond motifs is 1. The van der Waals surface area contributed by atoms with Crippen LogP contribution in [0.1, 0.15) is 10.4 Å². The van der Waals surface area contributed by atoms with Crippen LogP contribution >= 0.6 is 0 Å². The lowest BCUT2D eigenvalue weighted by atomic mass is 9.95. The van der Waals surface area contributed by atoms with E-state index in [0.29, 0.717) is 5.56 Å². The summed E-state index contributed by atoms with van der Waals surface area (Å²) in [6.45, 7) is 0. The summed E-state index contributed by atoms with van der Waals surface area (Å²) in [5.41, 5.74) is 2.51. The van der Waals surface area contributed by atoms with Crippen molar-refractivity contribution in [3.05, 3.63) is 72.3 Å². The highest BCUT2D eigenvalue weighted by atomic mass is 16.5. The fourth-order valence-corrected chi connectivity index (χ4v) is 2.38. The zero-order chi connectivity index (χ0) is 13.9. The van der Waals surface area contributed by atoms with E-state index in [-0.39, 0.29) is 5.97 Å². The number of benzene rings is 3. The van der Waals surface area contributed by atoms with Gasteiger partial charge >= 0.3 is 5.97 Å². The molecule has 0 atom stereocenters. The molecule has 0 spiro atoms. The smallest absolute Gasteiger partial charge is 0.338 e. The van der Waals surface area contributed by atoms with Gasteiger partial charge in [0, 0.05) is 0 Å². The highest BCUT2D eigenvalue weighted by molar-refractivity contribution is 6.03. The maximum absolute atomic E-state index is 12.0. The standard InChI is InChI=1S/C18H14O2/c1-20-18(19)17-12-15-10-6-5-9-14(15)11-16(17)13-7-3-2-4-8-13/h2-12H,1H3. The first kappa shape index (κ1) is 12.4. The first-order valence-electron chi connectivity index (χ1n) is 6.46. The predicted octanol–water partition coefficient (Wildman–Crippen LogP) is 4.29. The van der Waals surface area contributed by atoms with E-state index < -0.39 is 0 Å². The fourth-order valence-electron chi connectivity index (χ4n) is 2.38. The molecule has 0 aromatic heterocycles. The summed E-state index contributed by atoms with van der Waals surface area (Å²) in [6.07, 6.45) is 0. The third-order valence-electron chi connectivity index (χ3n) is 3.38. The topological polar surface area (TPSA) is 26.3 Å². The van der Waals surface area contributed by atoms with Crippen LogP contribution in [-0.4, -0.2) is 13.1 Å². The number of esters is 1. The van der Waals surface area contributed by atoms with Crippen LogP contribution in [0.2, 0.25) is 0 Å². The van der Waals surface area contributed by atoms with Gasteiger partial charge in [-0.05, 0) is 34.0 Å². The van der Waals surface area contributed by atoms with E-state index in [1.165, 1.54) is 7.11 Å². The number of hydrogen-bond acceptors (Lipinski definition) is 2. The van der Waals surface area contributed by atoms with E-state index >= 15 is 0 Å². The van der Waals surface area contributed by atoms with Crippen LogP contribution in [0, 0.1) is 0 Å². The molecule has 0 unspecified atom stereocenters. The SMILES string of the molecule is COC(=O)c1cc2ccccc2cc1-c1ccccc1. The lowest BCUT2D eigenvalue weighted by Gasteiger charge is -2.10. The third-order valence-corrected chi connectivity index (χ3v) is 3.38. The molecule has 0 saturated heterocycles. The van der Waals surface area contributed by atoms with Crippen LogP contribution in [0.4, 0.5) is 0 Å². The monoisotopic (exact) mass is 262 g/mol. The Balaban J connectivity index is 2.30. The van der Waals surface area contributed by atoms with Gasteiger partial charge in [0.05, 0.1) is 12.7 Å². The molecule has 2 heteroatoms. The van der Waals surface area contributed by atoms with Gasteiger partial charge in [0.15, 0.2) is 0 Å². The average Bonchev–Trinajstić information content (AvgIpc) is 2.53. The van der Waals surface area contributed by atoms with Gasteiger partial charge in [-0.2, -0.15) is 0 Å². The van der Waals surface area contributed by atoms with Crippen molar-refractivity contribution < 1.29 is 9.53 Å². The van der Waals surface area contributed by atoms with E-state index in [1.807, 2.05) is 66.7 Å². The van der Waals surface area contributed by atoms with Crippen molar-refractivity contribution in [1.82, 2.24) is 0 Å². The van der Waals surface area contributed by atoms with Crippen molar-refractivity contribution >= 4 is 16.7 Å².